The first-order chi connectivity index (χ1) is 54.1. The van der Waals surface area contributed by atoms with E-state index in [1.807, 2.05) is 0 Å². The van der Waals surface area contributed by atoms with Gasteiger partial charge in [0.15, 0.2) is 17.2 Å². The molecule has 0 spiro atoms. The fourth-order valence-corrected chi connectivity index (χ4v) is 13.2. The van der Waals surface area contributed by atoms with Crippen LogP contribution in [0.3, 0.4) is 0 Å². The average Bonchev–Trinajstić information content (AvgIpc) is 0.764. The molecule has 0 aliphatic heterocycles. The molecule has 0 aliphatic carbocycles. The number of rotatable bonds is 24. The molecule has 0 aromatic heterocycles. The van der Waals surface area contributed by atoms with Gasteiger partial charge >= 0.3 is 17.1 Å². The third kappa shape index (κ3) is 19.4. The van der Waals surface area contributed by atoms with Crippen molar-refractivity contribution < 1.29 is 119 Å². The van der Waals surface area contributed by atoms with Gasteiger partial charge in [-0.05, 0) is 109 Å². The van der Waals surface area contributed by atoms with Crippen molar-refractivity contribution in [3.63, 3.8) is 0 Å². The number of anilines is 4. The van der Waals surface area contributed by atoms with Crippen molar-refractivity contribution in [1.82, 2.24) is 0 Å². The van der Waals surface area contributed by atoms with Crippen molar-refractivity contribution in [2.24, 2.45) is 61.4 Å². The van der Waals surface area contributed by atoms with Crippen molar-refractivity contribution in [2.45, 2.75) is 19.6 Å². The van der Waals surface area contributed by atoms with Crippen LogP contribution in [0.1, 0.15) is 0 Å². The Hall–Kier alpha value is -14.3. The Morgan fingerprint density at radius 3 is 1.14 bits per heavy atom. The third-order valence-electron chi connectivity index (χ3n) is 15.7. The molecule has 0 unspecified atom stereocenters. The number of nitro groups is 2. The van der Waals surface area contributed by atoms with Crippen molar-refractivity contribution >= 4 is 164 Å². The summed E-state index contributed by atoms with van der Waals surface area (Å²) in [6.45, 7) is 0. The normalized spacial score (nSPS) is 12.1. The van der Waals surface area contributed by atoms with E-state index in [1.165, 1.54) is 44.6 Å². The van der Waals surface area contributed by atoms with Gasteiger partial charge in [-0.15, -0.1) is 30.7 Å². The Bertz CT molecular complexity index is 6180. The van der Waals surface area contributed by atoms with Crippen molar-refractivity contribution in [3.05, 3.63) is 226 Å². The Labute approximate surface area is 657 Å². The van der Waals surface area contributed by atoms with Crippen molar-refractivity contribution in [1.29, 1.82) is 0 Å². The molecule has 0 saturated carbocycles. The van der Waals surface area contributed by atoms with Crippen LogP contribution in [-0.2, 0) is 57.5 Å². The number of hydrogen-bond donors (Lipinski definition) is 9. The van der Waals surface area contributed by atoms with Gasteiger partial charge in [0.05, 0.1) is 69.6 Å². The molecular weight excluding hydrogens is 1630 g/mol. The number of aromatic hydroxyl groups is 3. The Morgan fingerprint density at radius 1 is 0.348 bits per heavy atom. The molecular formula is C70H49FeN16O24S4. The number of phenols is 3. The molecule has 0 fully saturated rings. The first-order valence-electron chi connectivity index (χ1n) is 31.7. The van der Waals surface area contributed by atoms with Crippen LogP contribution in [0.5, 0.6) is 46.0 Å². The van der Waals surface area contributed by atoms with Gasteiger partial charge in [-0.25, -0.2) is 0 Å². The van der Waals surface area contributed by atoms with Crippen molar-refractivity contribution in [2.75, 3.05) is 24.9 Å². The number of nitrogens with one attached hydrogen (secondary N) is 2. The van der Waals surface area contributed by atoms with E-state index in [2.05, 4.69) is 72.0 Å². The van der Waals surface area contributed by atoms with Gasteiger partial charge in [0.1, 0.15) is 65.3 Å². The molecule has 0 saturated heterocycles. The van der Waals surface area contributed by atoms with Crippen LogP contribution in [-0.4, -0.2) is 91.3 Å². The van der Waals surface area contributed by atoms with Crippen LogP contribution in [0.4, 0.5) is 102 Å². The van der Waals surface area contributed by atoms with Gasteiger partial charge in [-0.2, -0.15) is 64.4 Å². The summed E-state index contributed by atoms with van der Waals surface area (Å²) in [5.41, 5.74) is -5.02. The molecule has 12 aromatic carbocycles. The fraction of sp³-hybridized carbons (Fsp3) is 0.0286. The Balaban J connectivity index is 0.000000241. The molecule has 12 rings (SSSR count). The van der Waals surface area contributed by atoms with Crippen LogP contribution < -0.4 is 35.4 Å². The maximum absolute atomic E-state index is 13.7. The number of hydrogen-bond acceptors (Lipinski definition) is 34. The monoisotopic (exact) mass is 1680 g/mol. The molecule has 0 bridgehead atoms. The van der Waals surface area contributed by atoms with Gasteiger partial charge in [0.2, 0.25) is 0 Å². The largest absolute Gasteiger partial charge is 3.00 e. The van der Waals surface area contributed by atoms with E-state index in [-0.39, 0.29) is 73.4 Å². The summed E-state index contributed by atoms with van der Waals surface area (Å²) in [6, 6.07) is 45.1. The molecule has 115 heavy (non-hydrogen) atoms. The summed E-state index contributed by atoms with van der Waals surface area (Å²) in [7, 11) is -17.0. The number of para-hydroxylation sites is 4. The van der Waals surface area contributed by atoms with E-state index in [9.17, 15) is 103 Å². The second kappa shape index (κ2) is 34.5. The number of non-ortho nitro benzene ring substituents is 2. The third-order valence-corrected chi connectivity index (χ3v) is 19.3. The van der Waals surface area contributed by atoms with E-state index in [0.717, 1.165) is 60.7 Å². The number of fused-ring (bicyclic) bond motifs is 2. The summed E-state index contributed by atoms with van der Waals surface area (Å²) in [6.07, 6.45) is 0. The quantitative estimate of drug-likeness (QED) is 0.00892. The first kappa shape index (κ1) is 83.2. The summed E-state index contributed by atoms with van der Waals surface area (Å²) >= 11 is 0. The van der Waals surface area contributed by atoms with E-state index in [1.54, 1.807) is 103 Å². The van der Waals surface area contributed by atoms with E-state index < -0.39 is 166 Å². The van der Waals surface area contributed by atoms with Crippen LogP contribution >= 0.6 is 0 Å². The summed E-state index contributed by atoms with van der Waals surface area (Å²) < 4.78 is 148. The smallest absolute Gasteiger partial charge is 0.871 e. The number of ether oxygens (including phenoxy) is 2. The van der Waals surface area contributed by atoms with Gasteiger partial charge in [0.25, 0.3) is 51.8 Å². The summed E-state index contributed by atoms with van der Waals surface area (Å²) in [4.78, 5) is 18.2. The van der Waals surface area contributed by atoms with Crippen molar-refractivity contribution in [3.8, 4) is 46.0 Å². The van der Waals surface area contributed by atoms with Gasteiger partial charge in [-0.1, -0.05) is 77.9 Å². The molecule has 1 radical (unpaired) electrons. The van der Waals surface area contributed by atoms with Crippen LogP contribution in [0.25, 0.3) is 21.5 Å². The van der Waals surface area contributed by atoms with Gasteiger partial charge in [-0.3, -0.25) is 38.4 Å². The minimum atomic E-state index is -5.08. The van der Waals surface area contributed by atoms with E-state index in [0.29, 0.717) is 29.3 Å². The molecule has 45 heteroatoms. The number of phenolic OH excluding ortho intramolecular Hbond substituents is 3. The zero-order valence-electron chi connectivity index (χ0n) is 57.9. The summed E-state index contributed by atoms with van der Waals surface area (Å²) in [5, 5.41) is 148. The molecule has 0 aliphatic rings. The predicted octanol–water partition coefficient (Wildman–Crippen LogP) is 16.8. The van der Waals surface area contributed by atoms with E-state index >= 15 is 0 Å². The average molecular weight is 1680 g/mol. The zero-order chi connectivity index (χ0) is 82.1. The fourth-order valence-electron chi connectivity index (χ4n) is 10.5. The van der Waals surface area contributed by atoms with Crippen LogP contribution in [0.15, 0.2) is 287 Å². The number of benzene rings is 12. The molecule has 12 aromatic rings. The molecule has 585 valence electrons. The molecule has 9 N–H and O–H groups in total. The Kier molecular flexibility index (Phi) is 25.0. The standard InChI is InChI=1S/2C35H26N8O12S2.Fe/c2*1-55-29-10-6-5-9-24(29)38-39-26-17-27(40-41-32-22-13-12-21(43(47)48)16-23(22)30(18-28(32)44)56(49,50)51)35(46)33(34(26)45)42-37-20-11-14-25(31(15-20)57(52,53)54)36-19-7-3-2-4-8-19;/h2*2-18,36,44-46H,1H3,(H,49,50,51)(H,52,53,54);/q;;+3/p-3. The Morgan fingerprint density at radius 2 is 0.704 bits per heavy atom. The topological polar surface area (TPSA) is 624 Å². The summed E-state index contributed by atoms with van der Waals surface area (Å²) in [5.74, 6) is -5.45. The van der Waals surface area contributed by atoms with Crippen LogP contribution in [0, 0.1) is 20.2 Å². The first-order valence-corrected chi connectivity index (χ1v) is 37.4. The van der Waals surface area contributed by atoms with E-state index in [4.69, 9.17) is 9.47 Å². The molecule has 0 amide bonds. The van der Waals surface area contributed by atoms with Gasteiger partial charge in [0, 0.05) is 69.3 Å². The SMILES string of the molecule is COc1ccccc1N=Nc1cc(N=Nc2c(O)cc(S(=O)(=O)O)c3cc([N+](=O)[O-])ccc23)c(O)c(N=Nc2ccc(Nc3ccccc3)c(S(=O)(=O)O)c2)c1O.COc1ccccc1N=Nc1cc(N=Nc2c([O-])cc(S(=O)(=O)O)c3cc([N+](=O)[O-])ccc23)c([O-])c(N=Nc2ccc(Nc3ccccc3)c(S(=O)(=O)O)c2)c1[O-].[Fe+3]. The maximum Gasteiger partial charge on any atom is 3.00 e. The molecule has 0 atom stereocenters. The minimum absolute atomic E-state index is 0. The zero-order valence-corrected chi connectivity index (χ0v) is 62.3. The second-order valence-electron chi connectivity index (χ2n) is 23.1. The number of nitrogens with zero attached hydrogens (tertiary/aromatic N) is 14. The minimum Gasteiger partial charge on any atom is -0.871 e. The second-order valence-corrected chi connectivity index (χ2v) is 28.7. The number of azo groups is 6. The number of nitro benzene ring substituents is 2. The number of methoxy groups -OCH3 is 2. The predicted molar refractivity (Wildman–Crippen MR) is 400 cm³/mol. The van der Waals surface area contributed by atoms with Crippen LogP contribution in [0.2, 0.25) is 0 Å². The molecule has 40 nitrogen and oxygen atoms in total. The maximum atomic E-state index is 13.7. The van der Waals surface area contributed by atoms with Gasteiger partial charge < -0.3 is 50.7 Å². The molecule has 0 heterocycles.